The number of ketones is 1. The Bertz CT molecular complexity index is 460. The summed E-state index contributed by atoms with van der Waals surface area (Å²) in [5.74, 6) is 0.806. The summed E-state index contributed by atoms with van der Waals surface area (Å²) in [6.07, 6.45) is 2.70. The Balaban J connectivity index is 2.39. The average molecular weight is 263 g/mol. The summed E-state index contributed by atoms with van der Waals surface area (Å²) in [7, 11) is 0. The number of Topliss-reactive ketones (excluding diaryl/α,β-unsaturated/α-hetero) is 1. The molecule has 0 saturated heterocycles. The number of aromatic nitrogens is 1. The van der Waals surface area contributed by atoms with Crippen LogP contribution in [0, 0.1) is 12.8 Å². The molecule has 0 fully saturated rings. The van der Waals surface area contributed by atoms with Gasteiger partial charge in [-0.15, -0.1) is 0 Å². The summed E-state index contributed by atoms with van der Waals surface area (Å²) in [5, 5.41) is 0. The zero-order valence-corrected chi connectivity index (χ0v) is 12.5. The molecule has 0 spiro atoms. The van der Waals surface area contributed by atoms with Crippen LogP contribution in [-0.2, 0) is 11.2 Å². The minimum atomic E-state index is 0.307. The van der Waals surface area contributed by atoms with Crippen LogP contribution in [0.4, 0.5) is 0 Å². The summed E-state index contributed by atoms with van der Waals surface area (Å²) < 4.78 is 8.00. The van der Waals surface area contributed by atoms with E-state index in [-0.39, 0.29) is 0 Å². The molecule has 2 rings (SSSR count). The molecule has 3 heteroatoms. The van der Waals surface area contributed by atoms with Crippen LogP contribution in [0.25, 0.3) is 0 Å². The summed E-state index contributed by atoms with van der Waals surface area (Å²) in [5.41, 5.74) is 3.37. The molecule has 0 aliphatic heterocycles. The maximum absolute atomic E-state index is 12.0. The van der Waals surface area contributed by atoms with Crippen LogP contribution in [0.5, 0.6) is 0 Å². The van der Waals surface area contributed by atoms with Crippen molar-refractivity contribution in [2.24, 2.45) is 5.92 Å². The number of hydrogen-bond donors (Lipinski definition) is 0. The first kappa shape index (κ1) is 14.3. The first-order valence-electron chi connectivity index (χ1n) is 7.37. The normalized spacial score (nSPS) is 16.8. The molecule has 0 radical (unpaired) electrons. The summed E-state index contributed by atoms with van der Waals surface area (Å²) >= 11 is 0. The maximum Gasteiger partial charge on any atom is 0.164 e. The molecule has 1 aromatic heterocycles. The van der Waals surface area contributed by atoms with Gasteiger partial charge in [-0.1, -0.05) is 13.8 Å². The van der Waals surface area contributed by atoms with Gasteiger partial charge in [-0.25, -0.2) is 0 Å². The van der Waals surface area contributed by atoms with Crippen LogP contribution in [0.15, 0.2) is 6.07 Å². The van der Waals surface area contributed by atoms with E-state index in [2.05, 4.69) is 31.4 Å². The number of carbonyl (C=O) groups excluding carboxylic acids is 1. The Morgan fingerprint density at radius 3 is 2.74 bits per heavy atom. The van der Waals surface area contributed by atoms with Crippen molar-refractivity contribution in [3.05, 3.63) is 23.0 Å². The predicted molar refractivity (Wildman–Crippen MR) is 76.8 cm³/mol. The monoisotopic (exact) mass is 263 g/mol. The van der Waals surface area contributed by atoms with Gasteiger partial charge in [0.1, 0.15) is 0 Å². The van der Waals surface area contributed by atoms with Crippen molar-refractivity contribution in [3.63, 3.8) is 0 Å². The summed E-state index contributed by atoms with van der Waals surface area (Å²) in [4.78, 5) is 12.0. The van der Waals surface area contributed by atoms with Crippen LogP contribution in [0.3, 0.4) is 0 Å². The van der Waals surface area contributed by atoms with Crippen LogP contribution >= 0.6 is 0 Å². The highest BCUT2D eigenvalue weighted by atomic mass is 16.5. The lowest BCUT2D eigenvalue weighted by atomic mass is 9.96. The predicted octanol–water partition coefficient (Wildman–Crippen LogP) is 3.55. The van der Waals surface area contributed by atoms with Gasteiger partial charge in [-0.3, -0.25) is 4.79 Å². The molecule has 1 aromatic rings. The fraction of sp³-hybridized carbons (Fsp3) is 0.688. The van der Waals surface area contributed by atoms with Gasteiger partial charge in [0.2, 0.25) is 0 Å². The van der Waals surface area contributed by atoms with Gasteiger partial charge in [0, 0.05) is 30.0 Å². The van der Waals surface area contributed by atoms with Gasteiger partial charge < -0.3 is 9.30 Å². The number of carbonyl (C=O) groups is 1. The average Bonchev–Trinajstić information content (AvgIpc) is 2.68. The molecule has 19 heavy (non-hydrogen) atoms. The van der Waals surface area contributed by atoms with E-state index in [9.17, 15) is 4.79 Å². The molecule has 1 heterocycles. The van der Waals surface area contributed by atoms with E-state index in [1.807, 2.05) is 6.92 Å². The smallest absolute Gasteiger partial charge is 0.164 e. The van der Waals surface area contributed by atoms with Gasteiger partial charge in [0.15, 0.2) is 5.78 Å². The van der Waals surface area contributed by atoms with Crippen LogP contribution in [-0.4, -0.2) is 23.6 Å². The number of fused-ring (bicyclic) bond motifs is 1. The third-order valence-corrected chi connectivity index (χ3v) is 4.05. The van der Waals surface area contributed by atoms with E-state index < -0.39 is 0 Å². The number of nitrogens with zero attached hydrogens (tertiary/aromatic N) is 1. The van der Waals surface area contributed by atoms with Crippen molar-refractivity contribution >= 4 is 5.78 Å². The maximum atomic E-state index is 12.0. The molecule has 0 bridgehead atoms. The Hall–Kier alpha value is -1.09. The standard InChI is InChI=1S/C16H25NO2/c1-5-19-10-15(11(2)3)17-12(4)9-13-14(17)7-6-8-16(13)18/h9,11,15H,5-8,10H2,1-4H3. The number of ether oxygens (including phenoxy) is 1. The zero-order chi connectivity index (χ0) is 14.0. The molecule has 1 aliphatic carbocycles. The fourth-order valence-electron chi connectivity index (χ4n) is 3.02. The van der Waals surface area contributed by atoms with E-state index >= 15 is 0 Å². The van der Waals surface area contributed by atoms with E-state index in [0.29, 0.717) is 24.2 Å². The largest absolute Gasteiger partial charge is 0.380 e. The molecular formula is C16H25NO2. The van der Waals surface area contributed by atoms with E-state index in [1.165, 1.54) is 11.4 Å². The van der Waals surface area contributed by atoms with E-state index in [4.69, 9.17) is 4.74 Å². The molecule has 1 unspecified atom stereocenters. The molecule has 0 saturated carbocycles. The Kier molecular flexibility index (Phi) is 4.46. The number of rotatable bonds is 5. The third-order valence-electron chi connectivity index (χ3n) is 4.05. The van der Waals surface area contributed by atoms with Crippen molar-refractivity contribution in [3.8, 4) is 0 Å². The highest BCUT2D eigenvalue weighted by Gasteiger charge is 2.27. The zero-order valence-electron chi connectivity index (χ0n) is 12.5. The van der Waals surface area contributed by atoms with Gasteiger partial charge >= 0.3 is 0 Å². The lowest BCUT2D eigenvalue weighted by Gasteiger charge is -2.28. The topological polar surface area (TPSA) is 31.2 Å². The lowest BCUT2D eigenvalue weighted by molar-refractivity contribution is 0.0924. The second-order valence-electron chi connectivity index (χ2n) is 5.76. The molecule has 0 amide bonds. The van der Waals surface area contributed by atoms with Crippen molar-refractivity contribution in [1.29, 1.82) is 0 Å². The Morgan fingerprint density at radius 2 is 2.11 bits per heavy atom. The quantitative estimate of drug-likeness (QED) is 0.813. The van der Waals surface area contributed by atoms with Crippen LogP contribution < -0.4 is 0 Å². The molecule has 0 aromatic carbocycles. The van der Waals surface area contributed by atoms with Crippen molar-refractivity contribution in [1.82, 2.24) is 4.57 Å². The fourth-order valence-corrected chi connectivity index (χ4v) is 3.02. The highest BCUT2D eigenvalue weighted by molar-refractivity contribution is 5.98. The van der Waals surface area contributed by atoms with Crippen molar-refractivity contribution in [2.75, 3.05) is 13.2 Å². The lowest BCUT2D eigenvalue weighted by Crippen LogP contribution is -2.25. The summed E-state index contributed by atoms with van der Waals surface area (Å²) in [6.45, 7) is 10.0. The second-order valence-corrected chi connectivity index (χ2v) is 5.76. The van der Waals surface area contributed by atoms with E-state index in [1.54, 1.807) is 0 Å². The van der Waals surface area contributed by atoms with E-state index in [0.717, 1.165) is 31.6 Å². The molecule has 1 aliphatic rings. The van der Waals surface area contributed by atoms with Crippen LogP contribution in [0.2, 0.25) is 0 Å². The summed E-state index contributed by atoms with van der Waals surface area (Å²) in [6, 6.07) is 2.40. The number of aryl methyl sites for hydroxylation is 1. The second kappa shape index (κ2) is 5.91. The van der Waals surface area contributed by atoms with Gasteiger partial charge in [-0.05, 0) is 38.7 Å². The van der Waals surface area contributed by atoms with Crippen LogP contribution in [0.1, 0.15) is 61.4 Å². The van der Waals surface area contributed by atoms with Gasteiger partial charge in [-0.2, -0.15) is 0 Å². The molecule has 106 valence electrons. The van der Waals surface area contributed by atoms with Gasteiger partial charge in [0.05, 0.1) is 12.6 Å². The third kappa shape index (κ3) is 2.76. The first-order chi connectivity index (χ1) is 9.06. The Morgan fingerprint density at radius 1 is 1.37 bits per heavy atom. The SMILES string of the molecule is CCOCC(C(C)C)n1c(C)cc2c1CCCC2=O. The van der Waals surface area contributed by atoms with Crippen molar-refractivity contribution < 1.29 is 9.53 Å². The first-order valence-corrected chi connectivity index (χ1v) is 7.37. The molecule has 3 nitrogen and oxygen atoms in total. The molecule has 0 N–H and O–H groups in total. The minimum Gasteiger partial charge on any atom is -0.380 e. The van der Waals surface area contributed by atoms with Crippen molar-refractivity contribution in [2.45, 2.75) is 53.0 Å². The minimum absolute atomic E-state index is 0.307. The Labute approximate surface area is 115 Å². The highest BCUT2D eigenvalue weighted by Crippen LogP contribution is 2.31. The number of hydrogen-bond acceptors (Lipinski definition) is 2. The van der Waals surface area contributed by atoms with Gasteiger partial charge in [0.25, 0.3) is 0 Å². The molecular weight excluding hydrogens is 238 g/mol. The molecule has 1 atom stereocenters.